The van der Waals surface area contributed by atoms with Gasteiger partial charge in [-0.25, -0.2) is 0 Å². The molecule has 29 heavy (non-hydrogen) atoms. The van der Waals surface area contributed by atoms with E-state index >= 15 is 0 Å². The molecule has 0 amide bonds. The van der Waals surface area contributed by atoms with Gasteiger partial charge >= 0.3 is 0 Å². The largest absolute Gasteiger partial charge is 0.494 e. The topological polar surface area (TPSA) is 52.1 Å². The number of aliphatic imine (C=N–C) groups is 1. The van der Waals surface area contributed by atoms with E-state index in [0.29, 0.717) is 0 Å². The van der Waals surface area contributed by atoms with Gasteiger partial charge in [-0.3, -0.25) is 9.89 Å². The smallest absolute Gasteiger partial charge is 0.191 e. The van der Waals surface area contributed by atoms with Crippen LogP contribution < -0.4 is 15.4 Å². The molecule has 0 aliphatic carbocycles. The van der Waals surface area contributed by atoms with E-state index in [1.807, 2.05) is 19.2 Å². The van der Waals surface area contributed by atoms with Crippen molar-refractivity contribution in [3.8, 4) is 5.75 Å². The third-order valence-electron chi connectivity index (χ3n) is 5.53. The maximum Gasteiger partial charge on any atom is 0.191 e. The zero-order chi connectivity index (χ0) is 21.1. The molecule has 1 aliphatic heterocycles. The number of hydrogen-bond acceptors (Lipinski definition) is 4. The quantitative estimate of drug-likeness (QED) is 0.357. The molecule has 0 bridgehead atoms. The van der Waals surface area contributed by atoms with Crippen molar-refractivity contribution in [2.24, 2.45) is 4.99 Å². The summed E-state index contributed by atoms with van der Waals surface area (Å²) in [6.45, 7) is 10.4. The summed E-state index contributed by atoms with van der Waals surface area (Å²) in [5.41, 5.74) is 1.34. The van der Waals surface area contributed by atoms with Crippen LogP contribution in [-0.4, -0.2) is 75.2 Å². The summed E-state index contributed by atoms with van der Waals surface area (Å²) >= 11 is 0. The van der Waals surface area contributed by atoms with E-state index in [0.717, 1.165) is 44.4 Å². The van der Waals surface area contributed by atoms with Gasteiger partial charge in [0.15, 0.2) is 5.96 Å². The molecule has 0 aromatic heterocycles. The van der Waals surface area contributed by atoms with Crippen LogP contribution in [-0.2, 0) is 6.54 Å². The fraction of sp³-hybridized carbons (Fsp3) is 0.696. The van der Waals surface area contributed by atoms with Crippen molar-refractivity contribution in [3.05, 3.63) is 29.8 Å². The van der Waals surface area contributed by atoms with Gasteiger partial charge in [-0.2, -0.15) is 0 Å². The zero-order valence-electron chi connectivity index (χ0n) is 19.1. The molecule has 1 saturated heterocycles. The SMILES string of the molecule is CN=C(NCc1ccc(OCCCN(C)C)cc1)NCC(C)(C)N1CCCCC1. The number of guanidine groups is 1. The van der Waals surface area contributed by atoms with E-state index < -0.39 is 0 Å². The fourth-order valence-corrected chi connectivity index (χ4v) is 3.59. The summed E-state index contributed by atoms with van der Waals surface area (Å²) in [7, 11) is 5.99. The van der Waals surface area contributed by atoms with Gasteiger partial charge in [0, 0.05) is 32.2 Å². The highest BCUT2D eigenvalue weighted by Crippen LogP contribution is 2.19. The minimum absolute atomic E-state index is 0.129. The van der Waals surface area contributed by atoms with Crippen LogP contribution in [0.25, 0.3) is 0 Å². The van der Waals surface area contributed by atoms with Crippen molar-refractivity contribution >= 4 is 5.96 Å². The van der Waals surface area contributed by atoms with Crippen LogP contribution in [0.15, 0.2) is 29.3 Å². The summed E-state index contributed by atoms with van der Waals surface area (Å²) in [5, 5.41) is 6.92. The van der Waals surface area contributed by atoms with Crippen LogP contribution in [0.4, 0.5) is 0 Å². The standard InChI is InChI=1S/C23H41N5O/c1-23(2,28-15-7-6-8-16-28)19-26-22(24-3)25-18-20-10-12-21(13-11-20)29-17-9-14-27(4)5/h10-13H,6-9,14-19H2,1-5H3,(H2,24,25,26). The molecule has 0 spiro atoms. The van der Waals surface area contributed by atoms with Crippen LogP contribution in [0.1, 0.15) is 45.1 Å². The normalized spacial score (nSPS) is 16.1. The predicted molar refractivity (Wildman–Crippen MR) is 123 cm³/mol. The molecule has 6 nitrogen and oxygen atoms in total. The fourth-order valence-electron chi connectivity index (χ4n) is 3.59. The number of likely N-dealkylation sites (tertiary alicyclic amines) is 1. The molecule has 1 aromatic carbocycles. The van der Waals surface area contributed by atoms with E-state index in [2.05, 4.69) is 65.5 Å². The van der Waals surface area contributed by atoms with Crippen molar-refractivity contribution < 1.29 is 4.74 Å². The highest BCUT2D eigenvalue weighted by atomic mass is 16.5. The van der Waals surface area contributed by atoms with E-state index in [9.17, 15) is 0 Å². The Balaban J connectivity index is 1.72. The van der Waals surface area contributed by atoms with Gasteiger partial charge in [-0.1, -0.05) is 18.6 Å². The number of rotatable bonds is 10. The van der Waals surface area contributed by atoms with Crippen molar-refractivity contribution in [2.75, 3.05) is 53.9 Å². The van der Waals surface area contributed by atoms with Crippen LogP contribution in [0.2, 0.25) is 0 Å². The van der Waals surface area contributed by atoms with Crippen LogP contribution in [0, 0.1) is 0 Å². The molecule has 2 N–H and O–H groups in total. The molecule has 0 saturated carbocycles. The van der Waals surface area contributed by atoms with Crippen LogP contribution >= 0.6 is 0 Å². The minimum atomic E-state index is 0.129. The molecule has 1 aliphatic rings. The number of piperidine rings is 1. The first-order valence-electron chi connectivity index (χ1n) is 11.0. The first kappa shape index (κ1) is 23.5. The second-order valence-corrected chi connectivity index (χ2v) is 8.79. The van der Waals surface area contributed by atoms with Crippen molar-refractivity contribution in [1.29, 1.82) is 0 Å². The van der Waals surface area contributed by atoms with Gasteiger partial charge in [-0.05, 0) is 78.0 Å². The molecule has 0 unspecified atom stereocenters. The lowest BCUT2D eigenvalue weighted by molar-refractivity contribution is 0.0982. The summed E-state index contributed by atoms with van der Waals surface area (Å²) in [6.07, 6.45) is 5.02. The number of hydrogen-bond donors (Lipinski definition) is 2. The molecule has 0 radical (unpaired) electrons. The molecule has 0 atom stereocenters. The van der Waals surface area contributed by atoms with Crippen LogP contribution in [0.3, 0.4) is 0 Å². The Morgan fingerprint density at radius 3 is 2.41 bits per heavy atom. The third kappa shape index (κ3) is 8.62. The number of nitrogens with zero attached hydrogens (tertiary/aromatic N) is 3. The summed E-state index contributed by atoms with van der Waals surface area (Å²) in [4.78, 5) is 9.14. The van der Waals surface area contributed by atoms with Crippen molar-refractivity contribution in [1.82, 2.24) is 20.4 Å². The molecule has 6 heteroatoms. The Morgan fingerprint density at radius 1 is 1.10 bits per heavy atom. The first-order valence-corrected chi connectivity index (χ1v) is 11.0. The number of benzene rings is 1. The summed E-state index contributed by atoms with van der Waals surface area (Å²) in [5.74, 6) is 1.78. The average Bonchev–Trinajstić information content (AvgIpc) is 2.73. The van der Waals surface area contributed by atoms with Gasteiger partial charge in [0.05, 0.1) is 6.61 Å². The third-order valence-corrected chi connectivity index (χ3v) is 5.53. The average molecular weight is 404 g/mol. The Bertz CT molecular complexity index is 606. The predicted octanol–water partition coefficient (Wildman–Crippen LogP) is 2.95. The molecule has 1 fully saturated rings. The molecule has 1 aromatic rings. The Morgan fingerprint density at radius 2 is 1.79 bits per heavy atom. The molecule has 164 valence electrons. The van der Waals surface area contributed by atoms with Gasteiger partial charge < -0.3 is 20.3 Å². The Kier molecular flexibility index (Phi) is 9.74. The first-order chi connectivity index (χ1) is 13.9. The molecular weight excluding hydrogens is 362 g/mol. The molecule has 1 heterocycles. The highest BCUT2D eigenvalue weighted by Gasteiger charge is 2.27. The maximum absolute atomic E-state index is 5.80. The van der Waals surface area contributed by atoms with E-state index in [4.69, 9.17) is 4.74 Å². The van der Waals surface area contributed by atoms with E-state index in [1.54, 1.807) is 0 Å². The van der Waals surface area contributed by atoms with Crippen LogP contribution in [0.5, 0.6) is 5.75 Å². The number of ether oxygens (including phenoxy) is 1. The lowest BCUT2D eigenvalue weighted by Crippen LogP contribution is -2.54. The second-order valence-electron chi connectivity index (χ2n) is 8.79. The van der Waals surface area contributed by atoms with Gasteiger partial charge in [0.1, 0.15) is 5.75 Å². The molecular formula is C23H41N5O. The van der Waals surface area contributed by atoms with Crippen molar-refractivity contribution in [2.45, 2.75) is 51.6 Å². The Labute approximate surface area is 177 Å². The van der Waals surface area contributed by atoms with Gasteiger partial charge in [0.25, 0.3) is 0 Å². The van der Waals surface area contributed by atoms with Gasteiger partial charge in [-0.15, -0.1) is 0 Å². The second kappa shape index (κ2) is 12.0. The van der Waals surface area contributed by atoms with Crippen molar-refractivity contribution in [3.63, 3.8) is 0 Å². The van der Waals surface area contributed by atoms with E-state index in [-0.39, 0.29) is 5.54 Å². The highest BCUT2D eigenvalue weighted by molar-refractivity contribution is 5.79. The summed E-state index contributed by atoms with van der Waals surface area (Å²) < 4.78 is 5.80. The van der Waals surface area contributed by atoms with Gasteiger partial charge in [0.2, 0.25) is 0 Å². The Hall–Kier alpha value is -1.79. The lowest BCUT2D eigenvalue weighted by atomic mass is 9.98. The monoisotopic (exact) mass is 403 g/mol. The number of nitrogens with one attached hydrogen (secondary N) is 2. The zero-order valence-corrected chi connectivity index (χ0v) is 19.1. The maximum atomic E-state index is 5.80. The summed E-state index contributed by atoms with van der Waals surface area (Å²) in [6, 6.07) is 8.31. The molecule has 2 rings (SSSR count). The lowest BCUT2D eigenvalue weighted by Gasteiger charge is -2.41. The minimum Gasteiger partial charge on any atom is -0.494 e. The van der Waals surface area contributed by atoms with E-state index in [1.165, 1.54) is 37.9 Å².